The maximum atomic E-state index is 12.6. The Balaban J connectivity index is 1.34. The van der Waals surface area contributed by atoms with Gasteiger partial charge in [-0.1, -0.05) is 54.1 Å². The molecule has 2 heterocycles. The van der Waals surface area contributed by atoms with E-state index in [0.29, 0.717) is 18.2 Å². The van der Waals surface area contributed by atoms with Crippen LogP contribution < -0.4 is 10.9 Å². The van der Waals surface area contributed by atoms with Crippen molar-refractivity contribution >= 4 is 5.91 Å². The lowest BCUT2D eigenvalue weighted by Crippen LogP contribution is -2.41. The standard InChI is InChI=1S/C26H29N3O2/c1-19-7-5-11-22(15-19)24-13-12-23(26(31)28-24)25(30)27-16-21-10-6-14-29(18-21)17-20-8-3-2-4-9-20/h2-5,7-9,11-13,15,21H,6,10,14,16-18H2,1H3,(H,27,30)(H,28,31). The van der Waals surface area contributed by atoms with Gasteiger partial charge in [0.25, 0.3) is 11.5 Å². The molecule has 1 unspecified atom stereocenters. The van der Waals surface area contributed by atoms with Crippen LogP contribution >= 0.6 is 0 Å². The van der Waals surface area contributed by atoms with Gasteiger partial charge in [0.1, 0.15) is 5.56 Å². The Morgan fingerprint density at radius 2 is 1.94 bits per heavy atom. The number of pyridine rings is 1. The fourth-order valence-corrected chi connectivity index (χ4v) is 4.27. The van der Waals surface area contributed by atoms with Crippen LogP contribution in [0.1, 0.15) is 34.3 Å². The van der Waals surface area contributed by atoms with E-state index in [2.05, 4.69) is 39.5 Å². The molecule has 160 valence electrons. The molecule has 1 aliphatic heterocycles. The number of hydrogen-bond donors (Lipinski definition) is 2. The van der Waals surface area contributed by atoms with Gasteiger partial charge in [0.15, 0.2) is 0 Å². The number of aromatic nitrogens is 1. The average molecular weight is 416 g/mol. The van der Waals surface area contributed by atoms with E-state index in [1.807, 2.05) is 37.3 Å². The second-order valence-electron chi connectivity index (χ2n) is 8.42. The highest BCUT2D eigenvalue weighted by Crippen LogP contribution is 2.19. The number of aryl methyl sites for hydroxylation is 1. The highest BCUT2D eigenvalue weighted by atomic mass is 16.2. The summed E-state index contributed by atoms with van der Waals surface area (Å²) in [5.74, 6) is 0.0873. The second kappa shape index (κ2) is 9.75. The smallest absolute Gasteiger partial charge is 0.261 e. The molecule has 5 nitrogen and oxygen atoms in total. The quantitative estimate of drug-likeness (QED) is 0.640. The van der Waals surface area contributed by atoms with Crippen molar-refractivity contribution in [3.05, 3.63) is 93.8 Å². The van der Waals surface area contributed by atoms with Gasteiger partial charge in [0, 0.05) is 25.3 Å². The first-order chi connectivity index (χ1) is 15.1. The van der Waals surface area contributed by atoms with Gasteiger partial charge in [-0.05, 0) is 61.6 Å². The number of piperidine rings is 1. The molecule has 0 saturated carbocycles. The van der Waals surface area contributed by atoms with Crippen LogP contribution in [0.25, 0.3) is 11.3 Å². The summed E-state index contributed by atoms with van der Waals surface area (Å²) in [7, 11) is 0. The van der Waals surface area contributed by atoms with Gasteiger partial charge in [-0.25, -0.2) is 0 Å². The fraction of sp³-hybridized carbons (Fsp3) is 0.308. The van der Waals surface area contributed by atoms with Crippen LogP contribution in [0.5, 0.6) is 0 Å². The Labute approximate surface area is 183 Å². The fourth-order valence-electron chi connectivity index (χ4n) is 4.27. The summed E-state index contributed by atoms with van der Waals surface area (Å²) in [6, 6.07) is 21.8. The van der Waals surface area contributed by atoms with Gasteiger partial charge < -0.3 is 10.3 Å². The maximum Gasteiger partial charge on any atom is 0.261 e. The van der Waals surface area contributed by atoms with Crippen LogP contribution in [0.15, 0.2) is 71.5 Å². The Morgan fingerprint density at radius 3 is 2.71 bits per heavy atom. The first-order valence-corrected chi connectivity index (χ1v) is 10.9. The zero-order chi connectivity index (χ0) is 21.6. The van der Waals surface area contributed by atoms with Gasteiger partial charge in [-0.15, -0.1) is 0 Å². The Kier molecular flexibility index (Phi) is 6.63. The summed E-state index contributed by atoms with van der Waals surface area (Å²) in [4.78, 5) is 30.5. The van der Waals surface area contributed by atoms with Crippen molar-refractivity contribution in [1.82, 2.24) is 15.2 Å². The first kappa shape index (κ1) is 21.1. The summed E-state index contributed by atoms with van der Waals surface area (Å²) in [6.45, 7) is 5.57. The molecular weight excluding hydrogens is 386 g/mol. The topological polar surface area (TPSA) is 65.2 Å². The zero-order valence-corrected chi connectivity index (χ0v) is 17.9. The van der Waals surface area contributed by atoms with Crippen molar-refractivity contribution in [2.24, 2.45) is 5.92 Å². The lowest BCUT2D eigenvalue weighted by Gasteiger charge is -2.32. The van der Waals surface area contributed by atoms with Crippen molar-refractivity contribution in [2.45, 2.75) is 26.3 Å². The predicted octanol–water partition coefficient (Wildman–Crippen LogP) is 3.99. The molecule has 4 rings (SSSR count). The number of nitrogens with one attached hydrogen (secondary N) is 2. The molecule has 1 amide bonds. The molecule has 2 N–H and O–H groups in total. The van der Waals surface area contributed by atoms with Crippen molar-refractivity contribution < 1.29 is 4.79 Å². The van der Waals surface area contributed by atoms with Gasteiger partial charge >= 0.3 is 0 Å². The molecule has 0 aliphatic carbocycles. The van der Waals surface area contributed by atoms with Crippen LogP contribution in [0.3, 0.4) is 0 Å². The number of rotatable bonds is 6. The van der Waals surface area contributed by atoms with E-state index in [0.717, 1.165) is 43.6 Å². The van der Waals surface area contributed by atoms with Gasteiger partial charge in [-0.3, -0.25) is 14.5 Å². The summed E-state index contributed by atoms with van der Waals surface area (Å²) < 4.78 is 0. The van der Waals surface area contributed by atoms with Crippen LogP contribution in [0.2, 0.25) is 0 Å². The molecule has 2 aromatic carbocycles. The van der Waals surface area contributed by atoms with E-state index >= 15 is 0 Å². The number of amides is 1. The molecule has 1 fully saturated rings. The zero-order valence-electron chi connectivity index (χ0n) is 17.9. The first-order valence-electron chi connectivity index (χ1n) is 10.9. The summed E-state index contributed by atoms with van der Waals surface area (Å²) >= 11 is 0. The molecule has 31 heavy (non-hydrogen) atoms. The molecule has 0 bridgehead atoms. The predicted molar refractivity (Wildman–Crippen MR) is 124 cm³/mol. The number of carbonyl (C=O) groups is 1. The van der Waals surface area contributed by atoms with E-state index in [4.69, 9.17) is 0 Å². The van der Waals surface area contributed by atoms with Crippen molar-refractivity contribution in [1.29, 1.82) is 0 Å². The van der Waals surface area contributed by atoms with Crippen molar-refractivity contribution in [2.75, 3.05) is 19.6 Å². The van der Waals surface area contributed by atoms with E-state index in [-0.39, 0.29) is 17.0 Å². The number of aromatic amines is 1. The third kappa shape index (κ3) is 5.50. The van der Waals surface area contributed by atoms with Gasteiger partial charge in [0.05, 0.1) is 0 Å². The minimum absolute atomic E-state index is 0.161. The Hall–Kier alpha value is -3.18. The number of nitrogens with zero attached hydrogens (tertiary/aromatic N) is 1. The van der Waals surface area contributed by atoms with Gasteiger partial charge in [0.2, 0.25) is 0 Å². The minimum Gasteiger partial charge on any atom is -0.352 e. The third-order valence-corrected chi connectivity index (χ3v) is 5.89. The number of carbonyl (C=O) groups excluding carboxylic acids is 1. The normalized spacial score (nSPS) is 16.7. The van der Waals surface area contributed by atoms with Crippen LogP contribution in [0, 0.1) is 12.8 Å². The molecule has 1 aliphatic rings. The Bertz CT molecular complexity index is 1090. The third-order valence-electron chi connectivity index (χ3n) is 5.89. The molecule has 5 heteroatoms. The molecule has 3 aromatic rings. The number of hydrogen-bond acceptors (Lipinski definition) is 3. The van der Waals surface area contributed by atoms with Crippen molar-refractivity contribution in [3.8, 4) is 11.3 Å². The van der Waals surface area contributed by atoms with E-state index in [9.17, 15) is 9.59 Å². The molecule has 0 radical (unpaired) electrons. The number of benzene rings is 2. The average Bonchev–Trinajstić information content (AvgIpc) is 2.78. The minimum atomic E-state index is -0.356. The van der Waals surface area contributed by atoms with Crippen molar-refractivity contribution in [3.63, 3.8) is 0 Å². The van der Waals surface area contributed by atoms with Crippen LogP contribution in [-0.4, -0.2) is 35.4 Å². The van der Waals surface area contributed by atoms with Gasteiger partial charge in [-0.2, -0.15) is 0 Å². The maximum absolute atomic E-state index is 12.6. The Morgan fingerprint density at radius 1 is 1.10 bits per heavy atom. The number of likely N-dealkylation sites (tertiary alicyclic amines) is 1. The summed E-state index contributed by atoms with van der Waals surface area (Å²) in [6.07, 6.45) is 2.22. The molecular formula is C26H29N3O2. The van der Waals surface area contributed by atoms with E-state index in [1.54, 1.807) is 12.1 Å². The molecule has 0 spiro atoms. The van der Waals surface area contributed by atoms with Crippen LogP contribution in [-0.2, 0) is 6.54 Å². The number of H-pyrrole nitrogens is 1. The molecule has 1 atom stereocenters. The SMILES string of the molecule is Cc1cccc(-c2ccc(C(=O)NCC3CCCN(Cc4ccccc4)C3)c(=O)[nH]2)c1. The van der Waals surface area contributed by atoms with Crippen LogP contribution in [0.4, 0.5) is 0 Å². The second-order valence-corrected chi connectivity index (χ2v) is 8.42. The lowest BCUT2D eigenvalue weighted by atomic mass is 9.97. The largest absolute Gasteiger partial charge is 0.352 e. The van der Waals surface area contributed by atoms with E-state index < -0.39 is 0 Å². The lowest BCUT2D eigenvalue weighted by molar-refractivity contribution is 0.0929. The summed E-state index contributed by atoms with van der Waals surface area (Å²) in [5.41, 5.74) is 3.89. The molecule has 1 saturated heterocycles. The monoisotopic (exact) mass is 415 g/mol. The van der Waals surface area contributed by atoms with E-state index in [1.165, 1.54) is 5.56 Å². The highest BCUT2D eigenvalue weighted by molar-refractivity contribution is 5.94. The molecule has 1 aromatic heterocycles. The highest BCUT2D eigenvalue weighted by Gasteiger charge is 2.21. The summed E-state index contributed by atoms with van der Waals surface area (Å²) in [5, 5.41) is 2.98.